The molecule has 4 atom stereocenters. The van der Waals surface area contributed by atoms with Crippen molar-refractivity contribution in [3.05, 3.63) is 12.2 Å². The van der Waals surface area contributed by atoms with Crippen LogP contribution in [0.5, 0.6) is 0 Å². The Balaban J connectivity index is 2.02. The largest absolute Gasteiger partial charge is 0.396 e. The van der Waals surface area contributed by atoms with E-state index in [-0.39, 0.29) is 0 Å². The second-order valence-electron chi connectivity index (χ2n) is 4.09. The van der Waals surface area contributed by atoms with Gasteiger partial charge in [0.15, 0.2) is 0 Å². The van der Waals surface area contributed by atoms with E-state index in [1.807, 2.05) is 0 Å². The first-order valence-electron chi connectivity index (χ1n) is 4.16. The van der Waals surface area contributed by atoms with Crippen LogP contribution in [-0.2, 0) is 0 Å². The van der Waals surface area contributed by atoms with Gasteiger partial charge < -0.3 is 5.11 Å². The first-order valence-corrected chi connectivity index (χ1v) is 4.16. The van der Waals surface area contributed by atoms with Crippen molar-refractivity contribution in [2.24, 2.45) is 23.2 Å². The van der Waals surface area contributed by atoms with Gasteiger partial charge in [0.05, 0.1) is 0 Å². The van der Waals surface area contributed by atoms with E-state index in [0.717, 1.165) is 17.8 Å². The topological polar surface area (TPSA) is 20.2 Å². The highest BCUT2D eigenvalue weighted by Crippen LogP contribution is 2.71. The summed E-state index contributed by atoms with van der Waals surface area (Å²) in [6, 6.07) is 0. The van der Waals surface area contributed by atoms with Crippen LogP contribution in [0.2, 0.25) is 0 Å². The third kappa shape index (κ3) is 0.367. The van der Waals surface area contributed by atoms with E-state index in [9.17, 15) is 0 Å². The Kier molecular flexibility index (Phi) is 0.713. The van der Waals surface area contributed by atoms with Crippen LogP contribution in [0.1, 0.15) is 12.8 Å². The lowest BCUT2D eigenvalue weighted by atomic mass is 9.92. The lowest BCUT2D eigenvalue weighted by Crippen LogP contribution is -2.15. The molecule has 0 aromatic rings. The van der Waals surface area contributed by atoms with Crippen molar-refractivity contribution in [3.8, 4) is 0 Å². The average molecular weight is 136 g/mol. The molecule has 0 aromatic heterocycles. The van der Waals surface area contributed by atoms with E-state index in [0.29, 0.717) is 12.0 Å². The third-order valence-corrected chi connectivity index (χ3v) is 3.84. The molecule has 2 bridgehead atoms. The Labute approximate surface area is 60.7 Å². The molecular formula is C9H12O. The number of hydrogen-bond donors (Lipinski definition) is 1. The maximum absolute atomic E-state index is 9.16. The van der Waals surface area contributed by atoms with Gasteiger partial charge in [-0.15, -0.1) is 0 Å². The van der Waals surface area contributed by atoms with Crippen LogP contribution in [0, 0.1) is 23.2 Å². The Bertz CT molecular complexity index is 209. The second-order valence-corrected chi connectivity index (χ2v) is 4.09. The summed E-state index contributed by atoms with van der Waals surface area (Å²) in [7, 11) is 0. The Hall–Kier alpha value is -0.300. The molecule has 2 saturated carbocycles. The van der Waals surface area contributed by atoms with E-state index in [4.69, 9.17) is 5.11 Å². The molecule has 4 unspecified atom stereocenters. The average Bonchev–Trinajstić information content (AvgIpc) is 2.47. The first kappa shape index (κ1) is 5.36. The van der Waals surface area contributed by atoms with Crippen LogP contribution in [0.4, 0.5) is 0 Å². The van der Waals surface area contributed by atoms with Crippen LogP contribution >= 0.6 is 0 Å². The zero-order valence-corrected chi connectivity index (χ0v) is 5.96. The van der Waals surface area contributed by atoms with Gasteiger partial charge in [-0.3, -0.25) is 0 Å². The molecule has 3 aliphatic rings. The zero-order valence-electron chi connectivity index (χ0n) is 5.96. The summed E-state index contributed by atoms with van der Waals surface area (Å²) in [4.78, 5) is 0. The van der Waals surface area contributed by atoms with Crippen molar-refractivity contribution in [1.29, 1.82) is 0 Å². The van der Waals surface area contributed by atoms with Crippen molar-refractivity contribution >= 4 is 0 Å². The number of fused-ring (bicyclic) bond motifs is 5. The fourth-order valence-corrected chi connectivity index (χ4v) is 3.11. The maximum atomic E-state index is 9.16. The lowest BCUT2D eigenvalue weighted by Gasteiger charge is -2.15. The van der Waals surface area contributed by atoms with Gasteiger partial charge in [-0.2, -0.15) is 0 Å². The molecule has 54 valence electrons. The van der Waals surface area contributed by atoms with Gasteiger partial charge in [-0.1, -0.05) is 12.2 Å². The molecule has 3 aliphatic carbocycles. The van der Waals surface area contributed by atoms with Gasteiger partial charge in [0.25, 0.3) is 0 Å². The molecule has 2 fully saturated rings. The molecule has 0 spiro atoms. The third-order valence-electron chi connectivity index (χ3n) is 3.84. The quantitative estimate of drug-likeness (QED) is 0.537. The number of allylic oxidation sites excluding steroid dienone is 2. The van der Waals surface area contributed by atoms with Crippen molar-refractivity contribution in [2.45, 2.75) is 12.8 Å². The number of hydrogen-bond acceptors (Lipinski definition) is 1. The summed E-state index contributed by atoms with van der Waals surface area (Å²) in [6.07, 6.45) is 7.32. The van der Waals surface area contributed by atoms with Crippen molar-refractivity contribution in [3.63, 3.8) is 0 Å². The summed E-state index contributed by atoms with van der Waals surface area (Å²) in [5.74, 6) is 2.46. The van der Waals surface area contributed by atoms with Crippen LogP contribution in [0.3, 0.4) is 0 Å². The molecule has 3 rings (SSSR count). The molecule has 0 amide bonds. The molecule has 0 radical (unpaired) electrons. The number of aliphatic hydroxyl groups is 1. The fraction of sp³-hybridized carbons (Fsp3) is 0.778. The Morgan fingerprint density at radius 3 is 2.90 bits per heavy atom. The first-order chi connectivity index (χ1) is 4.87. The highest BCUT2D eigenvalue weighted by atomic mass is 16.3. The molecule has 0 saturated heterocycles. The van der Waals surface area contributed by atoms with E-state index >= 15 is 0 Å². The predicted molar refractivity (Wildman–Crippen MR) is 38.4 cm³/mol. The molecule has 0 aliphatic heterocycles. The van der Waals surface area contributed by atoms with Crippen LogP contribution < -0.4 is 0 Å². The van der Waals surface area contributed by atoms with Crippen molar-refractivity contribution in [1.82, 2.24) is 0 Å². The number of aliphatic hydroxyl groups excluding tert-OH is 1. The monoisotopic (exact) mass is 136 g/mol. The summed E-state index contributed by atoms with van der Waals surface area (Å²) >= 11 is 0. The van der Waals surface area contributed by atoms with Gasteiger partial charge in [-0.25, -0.2) is 0 Å². The molecule has 1 heteroatoms. The van der Waals surface area contributed by atoms with Crippen LogP contribution in [0.15, 0.2) is 12.2 Å². The molecular weight excluding hydrogens is 124 g/mol. The van der Waals surface area contributed by atoms with Gasteiger partial charge in [-0.05, 0) is 30.6 Å². The highest BCUT2D eigenvalue weighted by Gasteiger charge is 2.66. The molecule has 10 heavy (non-hydrogen) atoms. The Morgan fingerprint density at radius 2 is 2.40 bits per heavy atom. The number of rotatable bonds is 1. The highest BCUT2D eigenvalue weighted by molar-refractivity contribution is 5.27. The van der Waals surface area contributed by atoms with E-state index in [2.05, 4.69) is 12.2 Å². The van der Waals surface area contributed by atoms with Gasteiger partial charge in [0.2, 0.25) is 0 Å². The minimum Gasteiger partial charge on any atom is -0.396 e. The van der Waals surface area contributed by atoms with Crippen LogP contribution in [0.25, 0.3) is 0 Å². The lowest BCUT2D eigenvalue weighted by molar-refractivity contribution is 0.180. The van der Waals surface area contributed by atoms with Crippen LogP contribution in [-0.4, -0.2) is 11.7 Å². The molecule has 0 heterocycles. The summed E-state index contributed by atoms with van der Waals surface area (Å²) in [5.41, 5.74) is 0.388. The van der Waals surface area contributed by atoms with E-state index in [1.165, 1.54) is 12.8 Å². The van der Waals surface area contributed by atoms with Crippen molar-refractivity contribution < 1.29 is 5.11 Å². The Morgan fingerprint density at radius 1 is 1.50 bits per heavy atom. The summed E-state index contributed by atoms with van der Waals surface area (Å²) in [6.45, 7) is 0.434. The minimum absolute atomic E-state index is 0.388. The maximum Gasteiger partial charge on any atom is 0.0496 e. The smallest absolute Gasteiger partial charge is 0.0496 e. The van der Waals surface area contributed by atoms with Gasteiger partial charge in [0.1, 0.15) is 0 Å². The summed E-state index contributed by atoms with van der Waals surface area (Å²) in [5, 5.41) is 9.16. The van der Waals surface area contributed by atoms with Crippen molar-refractivity contribution in [2.75, 3.05) is 6.61 Å². The van der Waals surface area contributed by atoms with Gasteiger partial charge in [0, 0.05) is 12.0 Å². The normalized spacial score (nSPS) is 61.1. The molecule has 0 aromatic carbocycles. The standard InChI is InChI=1S/C9H12O/c10-5-9-4-8(9)6-1-2-7(9)3-6/h1-2,6-8,10H,3-5H2. The summed E-state index contributed by atoms with van der Waals surface area (Å²) < 4.78 is 0. The molecule has 1 N–H and O–H groups in total. The second kappa shape index (κ2) is 1.33. The van der Waals surface area contributed by atoms with E-state index in [1.54, 1.807) is 0 Å². The van der Waals surface area contributed by atoms with Gasteiger partial charge >= 0.3 is 0 Å². The van der Waals surface area contributed by atoms with E-state index < -0.39 is 0 Å². The molecule has 1 nitrogen and oxygen atoms in total. The SMILES string of the molecule is OCC12CC1C1C=CC2C1. The minimum atomic E-state index is 0.388. The zero-order chi connectivity index (χ0) is 6.77. The fourth-order valence-electron chi connectivity index (χ4n) is 3.11. The predicted octanol–water partition coefficient (Wildman–Crippen LogP) is 1.19.